The van der Waals surface area contributed by atoms with Crippen molar-refractivity contribution < 1.29 is 31.1 Å². The predicted octanol–water partition coefficient (Wildman–Crippen LogP) is 5.88. The number of benzene rings is 2. The molecule has 0 radical (unpaired) electrons. The molecule has 0 atom stereocenters. The van der Waals surface area contributed by atoms with Gasteiger partial charge in [-0.05, 0) is 46.4 Å². The first-order chi connectivity index (χ1) is 10.1. The van der Waals surface area contributed by atoms with E-state index in [9.17, 15) is 26.3 Å². The van der Waals surface area contributed by atoms with Crippen LogP contribution in [0.2, 0.25) is 0 Å². The van der Waals surface area contributed by atoms with Gasteiger partial charge in [0.15, 0.2) is 0 Å². The average Bonchev–Trinajstić information content (AvgIpc) is 2.37. The highest BCUT2D eigenvalue weighted by Gasteiger charge is 2.34. The topological polar surface area (TPSA) is 9.23 Å². The summed E-state index contributed by atoms with van der Waals surface area (Å²) in [7, 11) is 0. The number of halogens is 7. The molecule has 2 rings (SSSR count). The molecule has 0 saturated heterocycles. The van der Waals surface area contributed by atoms with Crippen LogP contribution in [0.5, 0.6) is 5.75 Å². The lowest BCUT2D eigenvalue weighted by molar-refractivity contribution is -0.274. The van der Waals surface area contributed by atoms with Crippen LogP contribution in [-0.2, 0) is 6.18 Å². The predicted molar refractivity (Wildman–Crippen MR) is 76.3 cm³/mol. The molecule has 0 bridgehead atoms. The number of alkyl halides is 6. The molecule has 0 saturated carbocycles. The number of hydrogen-bond donors (Lipinski definition) is 0. The van der Waals surface area contributed by atoms with Crippen LogP contribution in [0.15, 0.2) is 42.5 Å². The Balaban J connectivity index is 2.54. The van der Waals surface area contributed by atoms with E-state index in [4.69, 9.17) is 0 Å². The Morgan fingerprint density at radius 2 is 1.50 bits per heavy atom. The summed E-state index contributed by atoms with van der Waals surface area (Å²) in [5, 5.41) is 0. The Bertz CT molecular complexity index is 678. The molecule has 0 aliphatic carbocycles. The van der Waals surface area contributed by atoms with Crippen molar-refractivity contribution in [1.29, 1.82) is 0 Å². The minimum atomic E-state index is -4.92. The summed E-state index contributed by atoms with van der Waals surface area (Å²) in [6, 6.07) is 8.36. The molecule has 8 heteroatoms. The van der Waals surface area contributed by atoms with Crippen LogP contribution in [0.1, 0.15) is 5.56 Å². The largest absolute Gasteiger partial charge is 0.573 e. The fourth-order valence-corrected chi connectivity index (χ4v) is 2.47. The van der Waals surface area contributed by atoms with E-state index in [0.29, 0.717) is 0 Å². The molecule has 0 aliphatic rings. The molecule has 2 aromatic rings. The van der Waals surface area contributed by atoms with Gasteiger partial charge in [-0.3, -0.25) is 0 Å². The Morgan fingerprint density at radius 1 is 0.864 bits per heavy atom. The first kappa shape index (κ1) is 16.9. The van der Waals surface area contributed by atoms with Gasteiger partial charge in [0.25, 0.3) is 0 Å². The second-order valence-electron chi connectivity index (χ2n) is 4.24. The van der Waals surface area contributed by atoms with Crippen molar-refractivity contribution >= 4 is 22.6 Å². The van der Waals surface area contributed by atoms with Crippen molar-refractivity contribution in [2.75, 3.05) is 0 Å². The normalized spacial score (nSPS) is 12.3. The lowest BCUT2D eigenvalue weighted by atomic mass is 10.0. The van der Waals surface area contributed by atoms with Gasteiger partial charge in [-0.15, -0.1) is 13.2 Å². The van der Waals surface area contributed by atoms with Crippen molar-refractivity contribution in [3.8, 4) is 16.9 Å². The SMILES string of the molecule is FC(F)(F)Oc1ccccc1-c1ccc(I)c(C(F)(F)F)c1. The van der Waals surface area contributed by atoms with E-state index in [1.54, 1.807) is 0 Å². The molecule has 0 aromatic heterocycles. The van der Waals surface area contributed by atoms with Gasteiger partial charge in [0, 0.05) is 9.13 Å². The van der Waals surface area contributed by atoms with Crippen molar-refractivity contribution in [2.45, 2.75) is 12.5 Å². The minimum Gasteiger partial charge on any atom is -0.405 e. The quantitative estimate of drug-likeness (QED) is 0.426. The highest BCUT2D eigenvalue weighted by Crippen LogP contribution is 2.38. The third kappa shape index (κ3) is 4.05. The average molecular weight is 432 g/mol. The van der Waals surface area contributed by atoms with Gasteiger partial charge in [-0.1, -0.05) is 24.3 Å². The zero-order valence-corrected chi connectivity index (χ0v) is 12.8. The van der Waals surface area contributed by atoms with Crippen LogP contribution >= 0.6 is 22.6 Å². The molecule has 0 fully saturated rings. The van der Waals surface area contributed by atoms with Gasteiger partial charge in [0.05, 0.1) is 5.56 Å². The molecule has 0 aliphatic heterocycles. The van der Waals surface area contributed by atoms with Crippen molar-refractivity contribution in [3.63, 3.8) is 0 Å². The summed E-state index contributed by atoms with van der Waals surface area (Å²) in [5.74, 6) is -0.552. The van der Waals surface area contributed by atoms with E-state index < -0.39 is 23.9 Å². The van der Waals surface area contributed by atoms with Gasteiger partial charge >= 0.3 is 12.5 Å². The van der Waals surface area contributed by atoms with Crippen molar-refractivity contribution in [1.82, 2.24) is 0 Å². The molecule has 1 nitrogen and oxygen atoms in total. The summed E-state index contributed by atoms with van der Waals surface area (Å²) >= 11 is 1.52. The number of hydrogen-bond acceptors (Lipinski definition) is 1. The van der Waals surface area contributed by atoms with E-state index in [1.807, 2.05) is 0 Å². The van der Waals surface area contributed by atoms with Crippen LogP contribution in [0.3, 0.4) is 0 Å². The van der Waals surface area contributed by atoms with Crippen LogP contribution in [0.4, 0.5) is 26.3 Å². The number of para-hydroxylation sites is 1. The summed E-state index contributed by atoms with van der Waals surface area (Å²) in [6.07, 6.45) is -9.52. The van der Waals surface area contributed by atoms with Gasteiger partial charge in [0.1, 0.15) is 5.75 Å². The van der Waals surface area contributed by atoms with Gasteiger partial charge in [0.2, 0.25) is 0 Å². The lowest BCUT2D eigenvalue weighted by Crippen LogP contribution is -2.17. The first-order valence-corrected chi connectivity index (χ1v) is 6.88. The third-order valence-electron chi connectivity index (χ3n) is 2.70. The number of rotatable bonds is 2. The van der Waals surface area contributed by atoms with Gasteiger partial charge < -0.3 is 4.74 Å². The van der Waals surface area contributed by atoms with Gasteiger partial charge in [-0.25, -0.2) is 0 Å². The molecule has 0 N–H and O–H groups in total. The van der Waals surface area contributed by atoms with E-state index in [-0.39, 0.29) is 14.7 Å². The Labute approximate surface area is 135 Å². The van der Waals surface area contributed by atoms with E-state index >= 15 is 0 Å². The molecule has 0 unspecified atom stereocenters. The Hall–Kier alpha value is -1.45. The fourth-order valence-electron chi connectivity index (χ4n) is 1.83. The molecule has 2 aromatic carbocycles. The zero-order valence-electron chi connectivity index (χ0n) is 10.6. The third-order valence-corrected chi connectivity index (χ3v) is 3.64. The first-order valence-electron chi connectivity index (χ1n) is 5.80. The Morgan fingerprint density at radius 3 is 2.09 bits per heavy atom. The maximum absolute atomic E-state index is 12.9. The molecule has 22 heavy (non-hydrogen) atoms. The summed E-state index contributed by atoms with van der Waals surface area (Å²) < 4.78 is 79.6. The fraction of sp³-hybridized carbons (Fsp3) is 0.143. The summed E-state index contributed by atoms with van der Waals surface area (Å²) in [5.41, 5.74) is -0.985. The summed E-state index contributed by atoms with van der Waals surface area (Å²) in [4.78, 5) is 0. The smallest absolute Gasteiger partial charge is 0.405 e. The lowest BCUT2D eigenvalue weighted by Gasteiger charge is -2.15. The second-order valence-corrected chi connectivity index (χ2v) is 5.40. The molecule has 0 spiro atoms. The van der Waals surface area contributed by atoms with Crippen LogP contribution in [0, 0.1) is 3.57 Å². The number of ether oxygens (including phenoxy) is 1. The van der Waals surface area contributed by atoms with Crippen LogP contribution in [0.25, 0.3) is 11.1 Å². The van der Waals surface area contributed by atoms with Crippen molar-refractivity contribution in [2.24, 2.45) is 0 Å². The molecular weight excluding hydrogens is 425 g/mol. The van der Waals surface area contributed by atoms with E-state index in [0.717, 1.165) is 12.1 Å². The maximum Gasteiger partial charge on any atom is 0.573 e. The molecule has 118 valence electrons. The van der Waals surface area contributed by atoms with Crippen LogP contribution in [-0.4, -0.2) is 6.36 Å². The molecular formula is C14H7F6IO. The monoisotopic (exact) mass is 432 g/mol. The highest BCUT2D eigenvalue weighted by atomic mass is 127. The van der Waals surface area contributed by atoms with Crippen LogP contribution < -0.4 is 4.74 Å². The van der Waals surface area contributed by atoms with E-state index in [2.05, 4.69) is 4.74 Å². The highest BCUT2D eigenvalue weighted by molar-refractivity contribution is 14.1. The zero-order chi connectivity index (χ0) is 16.5. The maximum atomic E-state index is 12.9. The van der Waals surface area contributed by atoms with Gasteiger partial charge in [-0.2, -0.15) is 13.2 Å². The standard InChI is InChI=1S/C14H7F6IO/c15-13(16,17)10-7-8(5-6-11(10)21)9-3-1-2-4-12(9)22-14(18,19)20/h1-7H. The molecule has 0 amide bonds. The Kier molecular flexibility index (Phi) is 4.59. The second kappa shape index (κ2) is 5.98. The minimum absolute atomic E-state index is 0.00686. The van der Waals surface area contributed by atoms with Crippen molar-refractivity contribution in [3.05, 3.63) is 51.6 Å². The van der Waals surface area contributed by atoms with E-state index in [1.165, 1.54) is 52.9 Å². The summed E-state index contributed by atoms with van der Waals surface area (Å²) in [6.45, 7) is 0. The molecule has 0 heterocycles.